The summed E-state index contributed by atoms with van der Waals surface area (Å²) in [7, 11) is 0. The Morgan fingerprint density at radius 1 is 1.28 bits per heavy atom. The lowest BCUT2D eigenvalue weighted by Gasteiger charge is -2.19. The SMILES string of the molecule is CCc1ccc(OCC(=O)N(CC)CC)c(Br)c1. The van der Waals surface area contributed by atoms with Gasteiger partial charge >= 0.3 is 0 Å². The molecule has 0 radical (unpaired) electrons. The molecule has 1 rings (SSSR count). The Morgan fingerprint density at radius 3 is 2.44 bits per heavy atom. The van der Waals surface area contributed by atoms with Crippen molar-refractivity contribution in [2.24, 2.45) is 0 Å². The van der Waals surface area contributed by atoms with Crippen LogP contribution < -0.4 is 4.74 Å². The predicted molar refractivity (Wildman–Crippen MR) is 76.9 cm³/mol. The lowest BCUT2D eigenvalue weighted by atomic mass is 10.2. The molecule has 1 amide bonds. The summed E-state index contributed by atoms with van der Waals surface area (Å²) in [6.45, 7) is 7.56. The average Bonchev–Trinajstić information content (AvgIpc) is 2.38. The highest BCUT2D eigenvalue weighted by Crippen LogP contribution is 2.26. The summed E-state index contributed by atoms with van der Waals surface area (Å²) in [6, 6.07) is 5.94. The van der Waals surface area contributed by atoms with Crippen molar-refractivity contribution in [1.29, 1.82) is 0 Å². The molecule has 0 atom stereocenters. The zero-order chi connectivity index (χ0) is 13.5. The van der Waals surface area contributed by atoms with Gasteiger partial charge in [-0.05, 0) is 53.9 Å². The van der Waals surface area contributed by atoms with Gasteiger partial charge in [0.2, 0.25) is 0 Å². The van der Waals surface area contributed by atoms with Crippen LogP contribution in [0.4, 0.5) is 0 Å². The molecule has 18 heavy (non-hydrogen) atoms. The Hall–Kier alpha value is -1.03. The second-order valence-electron chi connectivity index (χ2n) is 3.97. The van der Waals surface area contributed by atoms with Gasteiger partial charge in [0.25, 0.3) is 5.91 Å². The zero-order valence-corrected chi connectivity index (χ0v) is 12.8. The third kappa shape index (κ3) is 4.02. The van der Waals surface area contributed by atoms with E-state index in [1.54, 1.807) is 4.90 Å². The summed E-state index contributed by atoms with van der Waals surface area (Å²) in [6.07, 6.45) is 0.983. The molecule has 100 valence electrons. The first kappa shape index (κ1) is 15.0. The maximum atomic E-state index is 11.8. The summed E-state index contributed by atoms with van der Waals surface area (Å²) >= 11 is 3.46. The molecule has 0 aliphatic rings. The topological polar surface area (TPSA) is 29.5 Å². The fourth-order valence-corrected chi connectivity index (χ4v) is 2.23. The highest BCUT2D eigenvalue weighted by molar-refractivity contribution is 9.10. The van der Waals surface area contributed by atoms with Gasteiger partial charge in [0.05, 0.1) is 4.47 Å². The number of carbonyl (C=O) groups is 1. The normalized spacial score (nSPS) is 10.2. The molecule has 1 aromatic rings. The van der Waals surface area contributed by atoms with Gasteiger partial charge in [-0.25, -0.2) is 0 Å². The maximum Gasteiger partial charge on any atom is 0.260 e. The summed E-state index contributed by atoms with van der Waals surface area (Å²) in [5.41, 5.74) is 1.24. The van der Waals surface area contributed by atoms with Crippen LogP contribution in [0, 0.1) is 0 Å². The fraction of sp³-hybridized carbons (Fsp3) is 0.500. The number of ether oxygens (including phenoxy) is 1. The molecule has 0 heterocycles. The summed E-state index contributed by atoms with van der Waals surface area (Å²) in [4.78, 5) is 13.6. The van der Waals surface area contributed by atoms with E-state index in [4.69, 9.17) is 4.74 Å². The van der Waals surface area contributed by atoms with Crippen molar-refractivity contribution in [3.05, 3.63) is 28.2 Å². The van der Waals surface area contributed by atoms with Gasteiger partial charge in [0.1, 0.15) is 5.75 Å². The second kappa shape index (κ2) is 7.41. The van der Waals surface area contributed by atoms with Crippen LogP contribution in [-0.4, -0.2) is 30.5 Å². The summed E-state index contributed by atoms with van der Waals surface area (Å²) < 4.78 is 6.44. The minimum Gasteiger partial charge on any atom is -0.483 e. The number of nitrogens with zero attached hydrogens (tertiary/aromatic N) is 1. The van der Waals surface area contributed by atoms with Gasteiger partial charge in [-0.15, -0.1) is 0 Å². The molecule has 1 aromatic carbocycles. The first-order chi connectivity index (χ1) is 8.62. The van der Waals surface area contributed by atoms with Crippen molar-refractivity contribution >= 4 is 21.8 Å². The monoisotopic (exact) mass is 313 g/mol. The lowest BCUT2D eigenvalue weighted by Crippen LogP contribution is -2.34. The number of amides is 1. The van der Waals surface area contributed by atoms with E-state index in [1.165, 1.54) is 5.56 Å². The minimum atomic E-state index is 0.0199. The maximum absolute atomic E-state index is 11.8. The van der Waals surface area contributed by atoms with E-state index in [1.807, 2.05) is 32.0 Å². The summed E-state index contributed by atoms with van der Waals surface area (Å²) in [5, 5.41) is 0. The van der Waals surface area contributed by atoms with Crippen LogP contribution in [0.15, 0.2) is 22.7 Å². The molecule has 0 spiro atoms. The smallest absolute Gasteiger partial charge is 0.260 e. The number of halogens is 1. The molecule has 0 unspecified atom stereocenters. The van der Waals surface area contributed by atoms with E-state index in [0.29, 0.717) is 18.8 Å². The highest BCUT2D eigenvalue weighted by atomic mass is 79.9. The fourth-order valence-electron chi connectivity index (χ4n) is 1.69. The van der Waals surface area contributed by atoms with Gasteiger partial charge in [0, 0.05) is 13.1 Å². The standard InChI is InChI=1S/C14H20BrNO2/c1-4-11-7-8-13(12(15)9-11)18-10-14(17)16(5-2)6-3/h7-9H,4-6,10H2,1-3H3. The zero-order valence-electron chi connectivity index (χ0n) is 11.2. The van der Waals surface area contributed by atoms with Crippen LogP contribution in [0.5, 0.6) is 5.75 Å². The number of rotatable bonds is 6. The van der Waals surface area contributed by atoms with Crippen LogP contribution in [0.2, 0.25) is 0 Å². The summed E-state index contributed by atoms with van der Waals surface area (Å²) in [5.74, 6) is 0.735. The Balaban J connectivity index is 2.61. The van der Waals surface area contributed by atoms with E-state index in [9.17, 15) is 4.79 Å². The molecule has 0 fully saturated rings. The van der Waals surface area contributed by atoms with Crippen LogP contribution in [0.3, 0.4) is 0 Å². The van der Waals surface area contributed by atoms with Crippen molar-refractivity contribution in [2.75, 3.05) is 19.7 Å². The van der Waals surface area contributed by atoms with E-state index >= 15 is 0 Å². The quantitative estimate of drug-likeness (QED) is 0.806. The molecule has 0 N–H and O–H groups in total. The first-order valence-corrected chi connectivity index (χ1v) is 7.10. The van der Waals surface area contributed by atoms with Crippen molar-refractivity contribution < 1.29 is 9.53 Å². The number of hydrogen-bond donors (Lipinski definition) is 0. The number of aryl methyl sites for hydroxylation is 1. The molecule has 0 saturated carbocycles. The van der Waals surface area contributed by atoms with Crippen LogP contribution in [0.25, 0.3) is 0 Å². The number of carbonyl (C=O) groups excluding carboxylic acids is 1. The molecular weight excluding hydrogens is 294 g/mol. The van der Waals surface area contributed by atoms with Crippen LogP contribution in [0.1, 0.15) is 26.3 Å². The predicted octanol–water partition coefficient (Wildman–Crippen LogP) is 3.26. The van der Waals surface area contributed by atoms with Crippen LogP contribution >= 0.6 is 15.9 Å². The molecule has 0 aliphatic carbocycles. The van der Waals surface area contributed by atoms with E-state index in [2.05, 4.69) is 22.9 Å². The third-order valence-electron chi connectivity index (χ3n) is 2.87. The Bertz CT molecular complexity index is 403. The van der Waals surface area contributed by atoms with E-state index in [0.717, 1.165) is 10.9 Å². The largest absolute Gasteiger partial charge is 0.483 e. The van der Waals surface area contributed by atoms with Gasteiger partial charge in [0.15, 0.2) is 6.61 Å². The molecule has 3 nitrogen and oxygen atoms in total. The molecule has 0 aliphatic heterocycles. The average molecular weight is 314 g/mol. The van der Waals surface area contributed by atoms with Gasteiger partial charge < -0.3 is 9.64 Å². The van der Waals surface area contributed by atoms with Crippen molar-refractivity contribution in [1.82, 2.24) is 4.90 Å². The van der Waals surface area contributed by atoms with Crippen molar-refractivity contribution in [3.8, 4) is 5.75 Å². The number of likely N-dealkylation sites (N-methyl/N-ethyl adjacent to an activating group) is 1. The van der Waals surface area contributed by atoms with E-state index in [-0.39, 0.29) is 12.5 Å². The van der Waals surface area contributed by atoms with Crippen molar-refractivity contribution in [2.45, 2.75) is 27.2 Å². The molecule has 0 aromatic heterocycles. The number of hydrogen-bond acceptors (Lipinski definition) is 2. The van der Waals surface area contributed by atoms with Gasteiger partial charge in [-0.3, -0.25) is 4.79 Å². The third-order valence-corrected chi connectivity index (χ3v) is 3.49. The Morgan fingerprint density at radius 2 is 1.94 bits per heavy atom. The van der Waals surface area contributed by atoms with Crippen LogP contribution in [-0.2, 0) is 11.2 Å². The molecule has 0 bridgehead atoms. The lowest BCUT2D eigenvalue weighted by molar-refractivity contribution is -0.132. The molecule has 4 heteroatoms. The minimum absolute atomic E-state index is 0.0199. The molecular formula is C14H20BrNO2. The van der Waals surface area contributed by atoms with Gasteiger partial charge in [-0.1, -0.05) is 13.0 Å². The van der Waals surface area contributed by atoms with Crippen molar-refractivity contribution in [3.63, 3.8) is 0 Å². The van der Waals surface area contributed by atoms with E-state index < -0.39 is 0 Å². The first-order valence-electron chi connectivity index (χ1n) is 6.31. The molecule has 0 saturated heterocycles. The Kier molecular flexibility index (Phi) is 6.19. The highest BCUT2D eigenvalue weighted by Gasteiger charge is 2.11. The van der Waals surface area contributed by atoms with Gasteiger partial charge in [-0.2, -0.15) is 0 Å². The Labute approximate surface area is 117 Å². The second-order valence-corrected chi connectivity index (χ2v) is 4.83. The number of benzene rings is 1.